The number of carboxylic acids is 1. The molecule has 0 aromatic rings. The molecule has 27 heavy (non-hydrogen) atoms. The van der Waals surface area contributed by atoms with Crippen LogP contribution in [-0.2, 0) is 14.3 Å². The summed E-state index contributed by atoms with van der Waals surface area (Å²) in [4.78, 5) is 23.6. The normalized spacial score (nSPS) is 21.2. The Morgan fingerprint density at radius 1 is 0.852 bits per heavy atom. The molecule has 1 atom stereocenters. The highest BCUT2D eigenvalue weighted by Crippen LogP contribution is 2.30. The second-order valence-electron chi connectivity index (χ2n) is 8.83. The van der Waals surface area contributed by atoms with Crippen LogP contribution in [0.2, 0.25) is 0 Å². The van der Waals surface area contributed by atoms with Crippen LogP contribution in [0.3, 0.4) is 0 Å². The number of rotatable bonds is 14. The van der Waals surface area contributed by atoms with Gasteiger partial charge in [-0.2, -0.15) is 0 Å². The van der Waals surface area contributed by atoms with Crippen molar-refractivity contribution in [3.05, 3.63) is 0 Å². The van der Waals surface area contributed by atoms with Gasteiger partial charge in [-0.25, -0.2) is 0 Å². The maximum Gasteiger partial charge on any atom is 0.309 e. The lowest BCUT2D eigenvalue weighted by molar-refractivity contribution is -0.158. The lowest BCUT2D eigenvalue weighted by atomic mass is 9.82. The zero-order chi connectivity index (χ0) is 20.1. The molecule has 1 N–H and O–H groups in total. The number of carbonyl (C=O) groups is 2. The van der Waals surface area contributed by atoms with Crippen molar-refractivity contribution in [1.82, 2.24) is 0 Å². The molecule has 1 rings (SSSR count). The van der Waals surface area contributed by atoms with E-state index in [0.29, 0.717) is 31.6 Å². The minimum Gasteiger partial charge on any atom is -0.481 e. The molecule has 1 saturated carbocycles. The highest BCUT2D eigenvalue weighted by atomic mass is 16.5. The largest absolute Gasteiger partial charge is 0.481 e. The van der Waals surface area contributed by atoms with E-state index < -0.39 is 5.97 Å². The van der Waals surface area contributed by atoms with E-state index in [1.165, 1.54) is 38.5 Å². The number of carboxylic acid groups (broad SMARTS) is 1. The number of hydrogen-bond donors (Lipinski definition) is 1. The third-order valence-corrected chi connectivity index (χ3v) is 5.89. The molecule has 0 aromatic heterocycles. The van der Waals surface area contributed by atoms with Gasteiger partial charge in [-0.1, -0.05) is 59.3 Å². The quantitative estimate of drug-likeness (QED) is 0.280. The van der Waals surface area contributed by atoms with Gasteiger partial charge in [-0.3, -0.25) is 9.59 Å². The van der Waals surface area contributed by atoms with Crippen LogP contribution < -0.4 is 0 Å². The smallest absolute Gasteiger partial charge is 0.309 e. The maximum atomic E-state index is 12.6. The molecule has 158 valence electrons. The topological polar surface area (TPSA) is 63.6 Å². The van der Waals surface area contributed by atoms with E-state index in [0.717, 1.165) is 25.7 Å². The predicted molar refractivity (Wildman–Crippen MR) is 110 cm³/mol. The highest BCUT2D eigenvalue weighted by molar-refractivity contribution is 5.74. The predicted octanol–water partition coefficient (Wildman–Crippen LogP) is 6.37. The standard InChI is InChI=1S/C23H42O4/c1-4-5-6-7-8-9-10-11-21(17-12-18(2)3)27-23(26)20-15-13-19(14-16-20)22(24)25/h18-21H,4-17H2,1-3H3,(H,24,25). The van der Waals surface area contributed by atoms with E-state index in [9.17, 15) is 9.59 Å². The number of ether oxygens (including phenoxy) is 1. The lowest BCUT2D eigenvalue weighted by Crippen LogP contribution is -2.30. The van der Waals surface area contributed by atoms with Gasteiger partial charge >= 0.3 is 11.9 Å². The summed E-state index contributed by atoms with van der Waals surface area (Å²) in [6.45, 7) is 6.65. The number of aliphatic carboxylic acids is 1. The third kappa shape index (κ3) is 10.8. The second kappa shape index (κ2) is 14.0. The van der Waals surface area contributed by atoms with Crippen molar-refractivity contribution in [2.45, 2.75) is 117 Å². The molecule has 0 spiro atoms. The first-order valence-corrected chi connectivity index (χ1v) is 11.4. The first kappa shape index (κ1) is 24.0. The van der Waals surface area contributed by atoms with Gasteiger partial charge in [0.2, 0.25) is 0 Å². The Morgan fingerprint density at radius 3 is 1.96 bits per heavy atom. The molecule has 1 unspecified atom stereocenters. The Kier molecular flexibility index (Phi) is 12.4. The van der Waals surface area contributed by atoms with E-state index in [4.69, 9.17) is 9.84 Å². The molecule has 1 fully saturated rings. The van der Waals surface area contributed by atoms with Crippen molar-refractivity contribution >= 4 is 11.9 Å². The van der Waals surface area contributed by atoms with Gasteiger partial charge < -0.3 is 9.84 Å². The fourth-order valence-corrected chi connectivity index (χ4v) is 3.95. The van der Waals surface area contributed by atoms with Crippen LogP contribution in [0.1, 0.15) is 111 Å². The van der Waals surface area contributed by atoms with Gasteiger partial charge in [-0.15, -0.1) is 0 Å². The summed E-state index contributed by atoms with van der Waals surface area (Å²) in [5.74, 6) is -0.577. The van der Waals surface area contributed by atoms with E-state index in [1.807, 2.05) is 0 Å². The Hall–Kier alpha value is -1.06. The third-order valence-electron chi connectivity index (χ3n) is 5.89. The summed E-state index contributed by atoms with van der Waals surface area (Å²) in [7, 11) is 0. The fourth-order valence-electron chi connectivity index (χ4n) is 3.95. The molecule has 0 amide bonds. The molecular formula is C23H42O4. The van der Waals surface area contributed by atoms with Crippen molar-refractivity contribution < 1.29 is 19.4 Å². The van der Waals surface area contributed by atoms with Crippen LogP contribution in [0.15, 0.2) is 0 Å². The number of hydrogen-bond acceptors (Lipinski definition) is 3. The monoisotopic (exact) mass is 382 g/mol. The van der Waals surface area contributed by atoms with Crippen LogP contribution in [-0.4, -0.2) is 23.1 Å². The van der Waals surface area contributed by atoms with E-state index >= 15 is 0 Å². The fraction of sp³-hybridized carbons (Fsp3) is 0.913. The number of carbonyl (C=O) groups excluding carboxylic acids is 1. The molecule has 4 nitrogen and oxygen atoms in total. The summed E-state index contributed by atoms with van der Waals surface area (Å²) in [6, 6.07) is 0. The minimum absolute atomic E-state index is 0.0349. The molecular weight excluding hydrogens is 340 g/mol. The van der Waals surface area contributed by atoms with Crippen molar-refractivity contribution in [1.29, 1.82) is 0 Å². The van der Waals surface area contributed by atoms with E-state index in [1.54, 1.807) is 0 Å². The van der Waals surface area contributed by atoms with Gasteiger partial charge in [-0.05, 0) is 57.3 Å². The zero-order valence-corrected chi connectivity index (χ0v) is 17.9. The molecule has 0 bridgehead atoms. The average Bonchev–Trinajstić information content (AvgIpc) is 2.65. The van der Waals surface area contributed by atoms with Crippen molar-refractivity contribution in [2.75, 3.05) is 0 Å². The Morgan fingerprint density at radius 2 is 1.41 bits per heavy atom. The zero-order valence-electron chi connectivity index (χ0n) is 17.9. The van der Waals surface area contributed by atoms with Crippen LogP contribution in [0, 0.1) is 17.8 Å². The van der Waals surface area contributed by atoms with Crippen molar-refractivity contribution in [3.8, 4) is 0 Å². The van der Waals surface area contributed by atoms with Crippen LogP contribution in [0.4, 0.5) is 0 Å². The Balaban J connectivity index is 2.35. The van der Waals surface area contributed by atoms with Crippen molar-refractivity contribution in [2.24, 2.45) is 17.8 Å². The minimum atomic E-state index is -0.726. The van der Waals surface area contributed by atoms with Gasteiger partial charge in [0.1, 0.15) is 6.10 Å². The molecule has 1 aliphatic rings. The lowest BCUT2D eigenvalue weighted by Gasteiger charge is -2.27. The van der Waals surface area contributed by atoms with Gasteiger partial charge in [0.25, 0.3) is 0 Å². The highest BCUT2D eigenvalue weighted by Gasteiger charge is 2.31. The summed E-state index contributed by atoms with van der Waals surface area (Å²) < 4.78 is 5.89. The molecule has 0 aliphatic heterocycles. The summed E-state index contributed by atoms with van der Waals surface area (Å²) >= 11 is 0. The molecule has 0 aromatic carbocycles. The number of esters is 1. The van der Waals surface area contributed by atoms with E-state index in [2.05, 4.69) is 20.8 Å². The summed E-state index contributed by atoms with van der Waals surface area (Å²) in [6.07, 6.45) is 14.5. The second-order valence-corrected chi connectivity index (χ2v) is 8.83. The van der Waals surface area contributed by atoms with Crippen LogP contribution in [0.25, 0.3) is 0 Å². The Labute approximate surface area is 166 Å². The molecule has 0 radical (unpaired) electrons. The van der Waals surface area contributed by atoms with Gasteiger partial charge in [0.15, 0.2) is 0 Å². The van der Waals surface area contributed by atoms with Crippen LogP contribution in [0.5, 0.6) is 0 Å². The van der Waals surface area contributed by atoms with Gasteiger partial charge in [0, 0.05) is 0 Å². The van der Waals surface area contributed by atoms with E-state index in [-0.39, 0.29) is 23.9 Å². The average molecular weight is 383 g/mol. The van der Waals surface area contributed by atoms with Crippen molar-refractivity contribution in [3.63, 3.8) is 0 Å². The molecule has 4 heteroatoms. The first-order valence-electron chi connectivity index (χ1n) is 11.4. The summed E-state index contributed by atoms with van der Waals surface area (Å²) in [5.41, 5.74) is 0. The van der Waals surface area contributed by atoms with Crippen LogP contribution >= 0.6 is 0 Å². The Bertz CT molecular complexity index is 411. The molecule has 0 heterocycles. The maximum absolute atomic E-state index is 12.6. The molecule has 0 saturated heterocycles. The summed E-state index contributed by atoms with van der Waals surface area (Å²) in [5, 5.41) is 9.10. The molecule has 1 aliphatic carbocycles. The van der Waals surface area contributed by atoms with Gasteiger partial charge in [0.05, 0.1) is 11.8 Å². The first-order chi connectivity index (χ1) is 12.9. The number of unbranched alkanes of at least 4 members (excludes halogenated alkanes) is 6. The SMILES string of the molecule is CCCCCCCCCC(CCC(C)C)OC(=O)C1CCC(C(=O)O)CC1.